The molecule has 0 radical (unpaired) electrons. The zero-order chi connectivity index (χ0) is 26.9. The SMILES string of the molecule is CCCCN=C(CCCCC(=NCCCC)C1=C(O)CC(C)(C)CC1=O)C1=C(O)CC(C)(C)CC1=O. The van der Waals surface area contributed by atoms with Crippen molar-refractivity contribution in [3.8, 4) is 0 Å². The van der Waals surface area contributed by atoms with Gasteiger partial charge < -0.3 is 10.2 Å². The molecule has 6 nitrogen and oxygen atoms in total. The third-order valence-electron chi connectivity index (χ3n) is 6.99. The van der Waals surface area contributed by atoms with E-state index in [1.54, 1.807) is 0 Å². The molecule has 202 valence electrons. The van der Waals surface area contributed by atoms with Gasteiger partial charge in [-0.2, -0.15) is 0 Å². The summed E-state index contributed by atoms with van der Waals surface area (Å²) >= 11 is 0. The van der Waals surface area contributed by atoms with E-state index in [2.05, 4.69) is 13.8 Å². The summed E-state index contributed by atoms with van der Waals surface area (Å²) in [5.41, 5.74) is 1.80. The number of carbonyl (C=O) groups excluding carboxylic acids is 2. The van der Waals surface area contributed by atoms with E-state index in [9.17, 15) is 19.8 Å². The van der Waals surface area contributed by atoms with Gasteiger partial charge in [0, 0.05) is 50.2 Å². The van der Waals surface area contributed by atoms with E-state index >= 15 is 0 Å². The number of ketones is 2. The van der Waals surface area contributed by atoms with Gasteiger partial charge in [-0.15, -0.1) is 0 Å². The molecule has 0 saturated carbocycles. The predicted octanol–water partition coefficient (Wildman–Crippen LogP) is 7.43. The van der Waals surface area contributed by atoms with Crippen LogP contribution in [0.1, 0.15) is 119 Å². The number of aliphatic imine (C=N–C) groups is 2. The van der Waals surface area contributed by atoms with Gasteiger partial charge in [0.25, 0.3) is 0 Å². The smallest absolute Gasteiger partial charge is 0.168 e. The minimum absolute atomic E-state index is 0.0219. The van der Waals surface area contributed by atoms with E-state index in [-0.39, 0.29) is 33.9 Å². The van der Waals surface area contributed by atoms with Crippen molar-refractivity contribution in [2.75, 3.05) is 13.1 Å². The van der Waals surface area contributed by atoms with Crippen molar-refractivity contribution in [2.45, 2.75) is 119 Å². The normalized spacial score (nSPS) is 20.9. The average Bonchev–Trinajstić information content (AvgIpc) is 2.73. The van der Waals surface area contributed by atoms with Crippen LogP contribution in [0.2, 0.25) is 0 Å². The van der Waals surface area contributed by atoms with Gasteiger partial charge in [0.05, 0.1) is 11.1 Å². The van der Waals surface area contributed by atoms with Crippen LogP contribution >= 0.6 is 0 Å². The first-order valence-corrected chi connectivity index (χ1v) is 13.9. The number of unbranched alkanes of at least 4 members (excludes halogenated alkanes) is 3. The molecule has 0 saturated heterocycles. The van der Waals surface area contributed by atoms with Crippen molar-refractivity contribution in [3.05, 3.63) is 22.7 Å². The standard InChI is InChI=1S/C30H48N2O4/c1-7-9-15-31-21(27-23(33)17-29(3,4)18-24(27)34)13-11-12-14-22(32-16-10-8-2)28-25(35)19-30(5,6)20-26(28)36/h33,35H,7-20H2,1-6H3. The van der Waals surface area contributed by atoms with Crippen molar-refractivity contribution in [1.29, 1.82) is 0 Å². The molecule has 2 aliphatic rings. The van der Waals surface area contributed by atoms with Crippen molar-refractivity contribution in [3.63, 3.8) is 0 Å². The number of Topliss-reactive ketones (excluding diaryl/α,β-unsaturated/α-hetero) is 2. The zero-order valence-corrected chi connectivity index (χ0v) is 23.5. The Morgan fingerprint density at radius 1 is 0.667 bits per heavy atom. The Balaban J connectivity index is 2.16. The molecule has 36 heavy (non-hydrogen) atoms. The summed E-state index contributed by atoms with van der Waals surface area (Å²) in [6.45, 7) is 13.5. The first-order chi connectivity index (χ1) is 16.9. The number of hydrogen-bond acceptors (Lipinski definition) is 6. The quantitative estimate of drug-likeness (QED) is 0.203. The molecule has 0 unspecified atom stereocenters. The molecule has 0 amide bonds. The molecule has 0 fully saturated rings. The van der Waals surface area contributed by atoms with Crippen molar-refractivity contribution in [2.24, 2.45) is 20.8 Å². The van der Waals surface area contributed by atoms with E-state index in [1.807, 2.05) is 27.7 Å². The molecule has 2 aliphatic carbocycles. The molecule has 0 spiro atoms. The fourth-order valence-corrected chi connectivity index (χ4v) is 5.13. The van der Waals surface area contributed by atoms with Crippen molar-refractivity contribution in [1.82, 2.24) is 0 Å². The molecule has 0 heterocycles. The third kappa shape index (κ3) is 8.70. The third-order valence-corrected chi connectivity index (χ3v) is 6.99. The number of rotatable bonds is 13. The Morgan fingerprint density at radius 3 is 1.33 bits per heavy atom. The highest BCUT2D eigenvalue weighted by molar-refractivity contribution is 6.24. The van der Waals surface area contributed by atoms with E-state index in [4.69, 9.17) is 9.98 Å². The summed E-state index contributed by atoms with van der Waals surface area (Å²) in [7, 11) is 0. The minimum atomic E-state index is -0.236. The Labute approximate surface area is 218 Å². The molecular weight excluding hydrogens is 452 g/mol. The van der Waals surface area contributed by atoms with Crippen molar-refractivity contribution >= 4 is 23.0 Å². The van der Waals surface area contributed by atoms with Crippen LogP contribution in [0.25, 0.3) is 0 Å². The maximum atomic E-state index is 12.9. The lowest BCUT2D eigenvalue weighted by molar-refractivity contribution is -0.118. The number of carbonyl (C=O) groups is 2. The second-order valence-electron chi connectivity index (χ2n) is 12.1. The highest BCUT2D eigenvalue weighted by Crippen LogP contribution is 2.38. The second kappa shape index (κ2) is 13.3. The fourth-order valence-electron chi connectivity index (χ4n) is 5.13. The highest BCUT2D eigenvalue weighted by atomic mass is 16.3. The largest absolute Gasteiger partial charge is 0.511 e. The van der Waals surface area contributed by atoms with Gasteiger partial charge >= 0.3 is 0 Å². The molecule has 0 aromatic rings. The number of nitrogens with zero attached hydrogens (tertiary/aromatic N) is 2. The second-order valence-corrected chi connectivity index (χ2v) is 12.1. The summed E-state index contributed by atoms with van der Waals surface area (Å²) in [6, 6.07) is 0. The molecule has 0 aliphatic heterocycles. The molecule has 0 aromatic heterocycles. The summed E-state index contributed by atoms with van der Waals surface area (Å²) in [5, 5.41) is 21.5. The maximum absolute atomic E-state index is 12.9. The number of hydrogen-bond donors (Lipinski definition) is 2. The Bertz CT molecular complexity index is 859. The molecule has 2 N–H and O–H groups in total. The van der Waals surface area contributed by atoms with Crippen molar-refractivity contribution < 1.29 is 19.8 Å². The topological polar surface area (TPSA) is 99.3 Å². The molecular formula is C30H48N2O4. The van der Waals surface area contributed by atoms with Gasteiger partial charge in [-0.05, 0) is 49.4 Å². The van der Waals surface area contributed by atoms with Crippen LogP contribution in [0.5, 0.6) is 0 Å². The number of allylic oxidation sites excluding steroid dienone is 4. The number of aliphatic hydroxyl groups is 2. The van der Waals surface area contributed by atoms with Gasteiger partial charge in [-0.3, -0.25) is 19.6 Å². The Morgan fingerprint density at radius 2 is 1.03 bits per heavy atom. The van der Waals surface area contributed by atoms with Crippen LogP contribution in [-0.2, 0) is 9.59 Å². The van der Waals surface area contributed by atoms with E-state index in [0.717, 1.165) is 38.5 Å². The highest BCUT2D eigenvalue weighted by Gasteiger charge is 2.36. The molecule has 0 aromatic carbocycles. The lowest BCUT2D eigenvalue weighted by Gasteiger charge is -2.30. The predicted molar refractivity (Wildman–Crippen MR) is 148 cm³/mol. The summed E-state index contributed by atoms with van der Waals surface area (Å²) < 4.78 is 0. The minimum Gasteiger partial charge on any atom is -0.511 e. The van der Waals surface area contributed by atoms with Crippen LogP contribution in [0.15, 0.2) is 32.6 Å². The average molecular weight is 501 g/mol. The monoisotopic (exact) mass is 500 g/mol. The first-order valence-electron chi connectivity index (χ1n) is 13.9. The molecule has 0 atom stereocenters. The van der Waals surface area contributed by atoms with Crippen LogP contribution < -0.4 is 0 Å². The lowest BCUT2D eigenvalue weighted by Crippen LogP contribution is -2.30. The zero-order valence-electron chi connectivity index (χ0n) is 23.5. The fraction of sp³-hybridized carbons (Fsp3) is 0.733. The Hall–Kier alpha value is -2.24. The van der Waals surface area contributed by atoms with Gasteiger partial charge in [-0.25, -0.2) is 0 Å². The summed E-state index contributed by atoms with van der Waals surface area (Å²) in [5.74, 6) is 0.287. The van der Waals surface area contributed by atoms with Crippen LogP contribution in [0.3, 0.4) is 0 Å². The first kappa shape index (κ1) is 30.0. The number of aliphatic hydroxyl groups excluding tert-OH is 2. The summed E-state index contributed by atoms with van der Waals surface area (Å²) in [6.07, 6.45) is 8.45. The summed E-state index contributed by atoms with van der Waals surface area (Å²) in [4.78, 5) is 35.3. The van der Waals surface area contributed by atoms with Crippen LogP contribution in [-0.4, -0.2) is 46.3 Å². The molecule has 2 rings (SSSR count). The van der Waals surface area contributed by atoms with Gasteiger partial charge in [-0.1, -0.05) is 54.4 Å². The van der Waals surface area contributed by atoms with E-state index in [1.165, 1.54) is 0 Å². The van der Waals surface area contributed by atoms with Crippen LogP contribution in [0.4, 0.5) is 0 Å². The lowest BCUT2D eigenvalue weighted by atomic mass is 9.75. The van der Waals surface area contributed by atoms with Gasteiger partial charge in [0.2, 0.25) is 0 Å². The maximum Gasteiger partial charge on any atom is 0.168 e. The molecule has 0 bridgehead atoms. The van der Waals surface area contributed by atoms with Crippen LogP contribution in [0, 0.1) is 10.8 Å². The van der Waals surface area contributed by atoms with E-state index in [0.29, 0.717) is 74.2 Å². The van der Waals surface area contributed by atoms with E-state index < -0.39 is 0 Å². The molecule has 6 heteroatoms. The van der Waals surface area contributed by atoms with Gasteiger partial charge in [0.15, 0.2) is 11.6 Å². The van der Waals surface area contributed by atoms with Gasteiger partial charge in [0.1, 0.15) is 11.5 Å². The Kier molecular flexibility index (Phi) is 11.1.